The Labute approximate surface area is 152 Å². The number of hydrogen-bond donors (Lipinski definition) is 0. The van der Waals surface area contributed by atoms with Gasteiger partial charge in [0.25, 0.3) is 0 Å². The SMILES string of the molecule is CCC[Si]1(C2=[C-]C=CC2)CCC1.[C-]1=CC=CC1.[Cl-].[Cl-].[Ti+4]. The second-order valence-electron chi connectivity index (χ2n) is 5.12. The molecule has 0 spiro atoms. The molecule has 0 aromatic rings. The molecule has 3 rings (SSSR count). The molecular weight excluding hydrogens is 339 g/mol. The first-order valence-electron chi connectivity index (χ1n) is 6.87. The first kappa shape index (κ1) is 22.7. The van der Waals surface area contributed by atoms with Crippen LogP contribution >= 0.6 is 0 Å². The van der Waals surface area contributed by atoms with Crippen molar-refractivity contribution in [3.63, 3.8) is 0 Å². The van der Waals surface area contributed by atoms with Crippen LogP contribution in [-0.4, -0.2) is 8.07 Å². The topological polar surface area (TPSA) is 0 Å². The maximum absolute atomic E-state index is 3.48. The maximum Gasteiger partial charge on any atom is 4.00 e. The maximum atomic E-state index is 3.48. The van der Waals surface area contributed by atoms with Gasteiger partial charge in [-0.3, -0.25) is 12.2 Å². The predicted octanol–water partition coefficient (Wildman–Crippen LogP) is -1.21. The molecule has 0 unspecified atom stereocenters. The molecule has 0 saturated carbocycles. The van der Waals surface area contributed by atoms with Gasteiger partial charge >= 0.3 is 21.7 Å². The molecule has 0 bridgehead atoms. The summed E-state index contributed by atoms with van der Waals surface area (Å²) in [5.74, 6) is 0. The molecule has 20 heavy (non-hydrogen) atoms. The van der Waals surface area contributed by atoms with Crippen molar-refractivity contribution in [1.82, 2.24) is 0 Å². The van der Waals surface area contributed by atoms with E-state index in [1.165, 1.54) is 25.3 Å². The van der Waals surface area contributed by atoms with Gasteiger partial charge < -0.3 is 24.8 Å². The van der Waals surface area contributed by atoms with Gasteiger partial charge in [0.15, 0.2) is 0 Å². The van der Waals surface area contributed by atoms with Crippen molar-refractivity contribution < 1.29 is 46.5 Å². The van der Waals surface area contributed by atoms with Crippen LogP contribution in [0.2, 0.25) is 18.1 Å². The van der Waals surface area contributed by atoms with Crippen molar-refractivity contribution in [2.45, 2.75) is 50.7 Å². The zero-order chi connectivity index (χ0) is 12.0. The van der Waals surface area contributed by atoms with Gasteiger partial charge in [-0.05, 0) is 0 Å². The van der Waals surface area contributed by atoms with Crippen molar-refractivity contribution >= 4 is 8.07 Å². The van der Waals surface area contributed by atoms with Crippen LogP contribution in [0.3, 0.4) is 0 Å². The Hall–Kier alpha value is 0.471. The van der Waals surface area contributed by atoms with E-state index in [-0.39, 0.29) is 46.5 Å². The Morgan fingerprint density at radius 1 is 1.20 bits per heavy atom. The van der Waals surface area contributed by atoms with Crippen LogP contribution in [0.25, 0.3) is 0 Å². The van der Waals surface area contributed by atoms with E-state index in [0.717, 1.165) is 6.42 Å². The zero-order valence-corrected chi connectivity index (χ0v) is 16.2. The van der Waals surface area contributed by atoms with Crippen LogP contribution in [0.1, 0.15) is 32.6 Å². The fraction of sp³-hybridized carbons (Fsp3) is 0.500. The molecule has 0 nitrogen and oxygen atoms in total. The van der Waals surface area contributed by atoms with Crippen LogP contribution in [0, 0.1) is 12.2 Å². The molecule has 1 heterocycles. The summed E-state index contributed by atoms with van der Waals surface area (Å²) in [5, 5.41) is 1.73. The van der Waals surface area contributed by atoms with Gasteiger partial charge in [-0.1, -0.05) is 37.9 Å². The number of halogens is 2. The Morgan fingerprint density at radius 3 is 2.25 bits per heavy atom. The van der Waals surface area contributed by atoms with Gasteiger partial charge in [0, 0.05) is 0 Å². The van der Waals surface area contributed by atoms with Gasteiger partial charge in [0.2, 0.25) is 0 Å². The molecule has 4 heteroatoms. The van der Waals surface area contributed by atoms with Crippen LogP contribution in [-0.2, 0) is 21.7 Å². The van der Waals surface area contributed by atoms with Crippen molar-refractivity contribution in [2.24, 2.45) is 0 Å². The van der Waals surface area contributed by atoms with Crippen LogP contribution in [0.4, 0.5) is 0 Å². The second kappa shape index (κ2) is 12.1. The molecule has 0 amide bonds. The first-order chi connectivity index (χ1) is 8.37. The molecule has 0 N–H and O–H groups in total. The Morgan fingerprint density at radius 2 is 1.95 bits per heavy atom. The minimum absolute atomic E-state index is 0. The van der Waals surface area contributed by atoms with Gasteiger partial charge in [-0.2, -0.15) is 11.3 Å². The van der Waals surface area contributed by atoms with Crippen molar-refractivity contribution in [3.8, 4) is 0 Å². The van der Waals surface area contributed by atoms with Gasteiger partial charge in [-0.25, -0.2) is 24.3 Å². The molecule has 3 aliphatic rings. The van der Waals surface area contributed by atoms with E-state index in [0.29, 0.717) is 0 Å². The summed E-state index contributed by atoms with van der Waals surface area (Å²) in [6, 6.07) is 4.65. The van der Waals surface area contributed by atoms with E-state index in [9.17, 15) is 0 Å². The minimum atomic E-state index is -0.867. The third-order valence-electron chi connectivity index (χ3n) is 3.96. The zero-order valence-electron chi connectivity index (χ0n) is 12.1. The van der Waals surface area contributed by atoms with Crippen LogP contribution < -0.4 is 24.8 Å². The monoisotopic (exact) mass is 360 g/mol. The largest absolute Gasteiger partial charge is 4.00 e. The third kappa shape index (κ3) is 6.07. The van der Waals surface area contributed by atoms with E-state index in [1.807, 2.05) is 12.2 Å². The third-order valence-corrected chi connectivity index (χ3v) is 9.67. The normalized spacial score (nSPS) is 19.6. The summed E-state index contributed by atoms with van der Waals surface area (Å²) in [6.45, 7) is 2.33. The molecule has 1 fully saturated rings. The Bertz CT molecular complexity index is 359. The summed E-state index contributed by atoms with van der Waals surface area (Å²) in [7, 11) is -0.867. The quantitative estimate of drug-likeness (QED) is 0.437. The minimum Gasteiger partial charge on any atom is -1.00 e. The van der Waals surface area contributed by atoms with E-state index >= 15 is 0 Å². The average molecular weight is 361 g/mol. The smallest absolute Gasteiger partial charge is 1.00 e. The van der Waals surface area contributed by atoms with Crippen molar-refractivity contribution in [1.29, 1.82) is 0 Å². The summed E-state index contributed by atoms with van der Waals surface area (Å²) in [5.41, 5.74) is 0. The van der Waals surface area contributed by atoms with E-state index in [2.05, 4.69) is 37.3 Å². The van der Waals surface area contributed by atoms with Crippen LogP contribution in [0.5, 0.6) is 0 Å². The molecule has 108 valence electrons. The van der Waals surface area contributed by atoms with Crippen molar-refractivity contribution in [2.75, 3.05) is 0 Å². The fourth-order valence-electron chi connectivity index (χ4n) is 2.89. The van der Waals surface area contributed by atoms with E-state index < -0.39 is 8.07 Å². The summed E-state index contributed by atoms with van der Waals surface area (Å²) < 4.78 is 0. The summed E-state index contributed by atoms with van der Waals surface area (Å²) >= 11 is 0. The number of allylic oxidation sites excluding steroid dienone is 8. The van der Waals surface area contributed by atoms with Gasteiger partial charge in [-0.15, -0.1) is 12.8 Å². The second-order valence-corrected chi connectivity index (χ2v) is 9.78. The molecule has 0 aromatic heterocycles. The molecule has 0 radical (unpaired) electrons. The fourth-order valence-corrected chi connectivity index (χ4v) is 7.40. The molecule has 2 aliphatic carbocycles. The van der Waals surface area contributed by atoms with Crippen molar-refractivity contribution in [3.05, 3.63) is 47.7 Å². The van der Waals surface area contributed by atoms with Gasteiger partial charge in [0.05, 0.1) is 8.07 Å². The van der Waals surface area contributed by atoms with Gasteiger partial charge in [0.1, 0.15) is 0 Å². The summed E-state index contributed by atoms with van der Waals surface area (Å²) in [6.07, 6.45) is 22.0. The molecule has 1 saturated heterocycles. The number of rotatable bonds is 3. The number of hydrogen-bond acceptors (Lipinski definition) is 0. The molecule has 0 aromatic carbocycles. The predicted molar refractivity (Wildman–Crippen MR) is 77.2 cm³/mol. The first-order valence-corrected chi connectivity index (χ1v) is 9.49. The Kier molecular flexibility index (Phi) is 13.7. The standard InChI is InChI=1S/C11H17Si.C5H5.2ClH.Ti/c1-2-8-12(9-5-10-12)11-6-3-4-7-11;1-2-4-5-3-1;;;/h3-4H,2,5-6,8-10H2,1H3;1-3H,4H2;2*1H;/q2*-1;;;+4/p-2. The molecule has 1 aliphatic heterocycles. The van der Waals surface area contributed by atoms with E-state index in [1.54, 1.807) is 17.3 Å². The average Bonchev–Trinajstić information content (AvgIpc) is 2.97. The molecule has 0 atom stereocenters. The molecular formula is C16H22Cl2SiTi. The Balaban J connectivity index is 0. The van der Waals surface area contributed by atoms with Crippen LogP contribution in [0.15, 0.2) is 35.6 Å². The summed E-state index contributed by atoms with van der Waals surface area (Å²) in [4.78, 5) is 0. The van der Waals surface area contributed by atoms with E-state index in [4.69, 9.17) is 0 Å².